The van der Waals surface area contributed by atoms with E-state index in [4.69, 9.17) is 19.9 Å². The summed E-state index contributed by atoms with van der Waals surface area (Å²) in [5.41, 5.74) is 4.28. The first-order valence-corrected chi connectivity index (χ1v) is 10.1. The molecule has 1 aliphatic carbocycles. The van der Waals surface area contributed by atoms with E-state index < -0.39 is 0 Å². The van der Waals surface area contributed by atoms with Crippen LogP contribution in [0.2, 0.25) is 0 Å². The molecule has 1 saturated heterocycles. The second-order valence-electron chi connectivity index (χ2n) is 6.67. The van der Waals surface area contributed by atoms with Crippen molar-refractivity contribution in [3.05, 3.63) is 47.9 Å². The van der Waals surface area contributed by atoms with E-state index in [-0.39, 0.29) is 0 Å². The van der Waals surface area contributed by atoms with E-state index in [2.05, 4.69) is 35.8 Å². The van der Waals surface area contributed by atoms with E-state index in [9.17, 15) is 0 Å². The third kappa shape index (κ3) is 4.62. The number of allylic oxidation sites excluding steroid dienone is 2. The molecule has 1 aliphatic heterocycles. The van der Waals surface area contributed by atoms with E-state index in [1.54, 1.807) is 0 Å². The van der Waals surface area contributed by atoms with E-state index in [1.165, 1.54) is 5.69 Å². The van der Waals surface area contributed by atoms with Crippen molar-refractivity contribution in [1.29, 1.82) is 5.41 Å². The zero-order valence-electron chi connectivity index (χ0n) is 17.1. The minimum atomic E-state index is 0.388. The number of morpholine rings is 1. The fourth-order valence-electron chi connectivity index (χ4n) is 3.45. The first-order chi connectivity index (χ1) is 13.7. The maximum Gasteiger partial charge on any atom is 0.146 e. The van der Waals surface area contributed by atoms with Crippen molar-refractivity contribution in [3.8, 4) is 0 Å². The van der Waals surface area contributed by atoms with Crippen molar-refractivity contribution in [1.82, 2.24) is 4.90 Å². The van der Waals surface area contributed by atoms with Crippen molar-refractivity contribution < 1.29 is 9.47 Å². The van der Waals surface area contributed by atoms with E-state index in [1.807, 2.05) is 31.2 Å². The quantitative estimate of drug-likeness (QED) is 0.729. The molecule has 1 N–H and O–H groups in total. The van der Waals surface area contributed by atoms with Gasteiger partial charge in [-0.3, -0.25) is 5.41 Å². The fraction of sp³-hybridized carbons (Fsp3) is 0.455. The summed E-state index contributed by atoms with van der Waals surface area (Å²) in [6, 6.07) is 8.32. The molecule has 0 saturated carbocycles. The van der Waals surface area contributed by atoms with Gasteiger partial charge in [-0.1, -0.05) is 0 Å². The van der Waals surface area contributed by atoms with Crippen LogP contribution in [-0.4, -0.2) is 62.3 Å². The Hall–Kier alpha value is -2.60. The Balaban J connectivity index is 1.91. The zero-order valence-corrected chi connectivity index (χ0v) is 17.1. The molecule has 0 spiro atoms. The second-order valence-corrected chi connectivity index (χ2v) is 6.67. The van der Waals surface area contributed by atoms with Crippen LogP contribution in [0, 0.1) is 5.41 Å². The Morgan fingerprint density at radius 2 is 1.75 bits per heavy atom. The molecule has 0 amide bonds. The van der Waals surface area contributed by atoms with Crippen LogP contribution in [-0.2, 0) is 9.47 Å². The SMILES string of the molecule is CCOC1=CC(=Nc2ccc(N(CC)CC)cc2)C(N2CCOCC2)=CC1=N. The lowest BCUT2D eigenvalue weighted by Crippen LogP contribution is -2.39. The van der Waals surface area contributed by atoms with Crippen molar-refractivity contribution in [3.63, 3.8) is 0 Å². The highest BCUT2D eigenvalue weighted by atomic mass is 16.5. The summed E-state index contributed by atoms with van der Waals surface area (Å²) in [6.07, 6.45) is 3.74. The number of hydrogen-bond acceptors (Lipinski definition) is 6. The fourth-order valence-corrected chi connectivity index (χ4v) is 3.45. The number of anilines is 1. The number of hydrogen-bond donors (Lipinski definition) is 1. The number of nitrogens with one attached hydrogen (secondary N) is 1. The largest absolute Gasteiger partial charge is 0.492 e. The maximum absolute atomic E-state index is 8.30. The number of ether oxygens (including phenoxy) is 2. The van der Waals surface area contributed by atoms with Gasteiger partial charge in [0.25, 0.3) is 0 Å². The topological polar surface area (TPSA) is 61.1 Å². The van der Waals surface area contributed by atoms with Crippen molar-refractivity contribution in [2.45, 2.75) is 20.8 Å². The minimum absolute atomic E-state index is 0.388. The van der Waals surface area contributed by atoms with E-state index in [0.29, 0.717) is 31.3 Å². The van der Waals surface area contributed by atoms with Crippen LogP contribution >= 0.6 is 0 Å². The number of rotatable bonds is 7. The first kappa shape index (κ1) is 20.1. The van der Waals surface area contributed by atoms with Gasteiger partial charge in [-0.15, -0.1) is 0 Å². The highest BCUT2D eigenvalue weighted by Gasteiger charge is 2.23. The van der Waals surface area contributed by atoms with Gasteiger partial charge < -0.3 is 19.3 Å². The van der Waals surface area contributed by atoms with Crippen molar-refractivity contribution >= 4 is 22.8 Å². The van der Waals surface area contributed by atoms with Crippen LogP contribution in [0.3, 0.4) is 0 Å². The summed E-state index contributed by atoms with van der Waals surface area (Å²) >= 11 is 0. The van der Waals surface area contributed by atoms with Gasteiger partial charge >= 0.3 is 0 Å². The summed E-state index contributed by atoms with van der Waals surface area (Å²) in [5.74, 6) is 0.568. The average Bonchev–Trinajstić information content (AvgIpc) is 2.73. The van der Waals surface area contributed by atoms with Gasteiger partial charge in [0.05, 0.1) is 42.6 Å². The zero-order chi connectivity index (χ0) is 19.9. The Kier molecular flexibility index (Phi) is 6.87. The van der Waals surface area contributed by atoms with Crippen LogP contribution < -0.4 is 4.90 Å². The van der Waals surface area contributed by atoms with Crippen LogP contribution in [0.4, 0.5) is 11.4 Å². The minimum Gasteiger partial charge on any atom is -0.492 e. The summed E-state index contributed by atoms with van der Waals surface area (Å²) in [6.45, 7) is 11.7. The Labute approximate surface area is 167 Å². The van der Waals surface area contributed by atoms with Gasteiger partial charge in [-0.2, -0.15) is 0 Å². The summed E-state index contributed by atoms with van der Waals surface area (Å²) in [4.78, 5) is 9.44. The van der Waals surface area contributed by atoms with Crippen molar-refractivity contribution in [2.24, 2.45) is 4.99 Å². The summed E-state index contributed by atoms with van der Waals surface area (Å²) in [7, 11) is 0. The lowest BCUT2D eigenvalue weighted by Gasteiger charge is -2.32. The summed E-state index contributed by atoms with van der Waals surface area (Å²) in [5, 5.41) is 8.30. The first-order valence-electron chi connectivity index (χ1n) is 10.1. The standard InChI is InChI=1S/C22H30N4O2/c1-4-25(5-2)18-9-7-17(8-10-18)24-20-16-22(28-6-3)19(23)15-21(20)26-11-13-27-14-12-26/h7-10,15-16,23H,4-6,11-14H2,1-3H3. The molecule has 6 nitrogen and oxygen atoms in total. The van der Waals surface area contributed by atoms with Crippen LogP contribution in [0.1, 0.15) is 20.8 Å². The smallest absolute Gasteiger partial charge is 0.146 e. The predicted molar refractivity (Wildman–Crippen MR) is 115 cm³/mol. The molecule has 0 bridgehead atoms. The predicted octanol–water partition coefficient (Wildman–Crippen LogP) is 3.78. The molecule has 3 rings (SSSR count). The molecule has 0 radical (unpaired) electrons. The Bertz CT molecular complexity index is 770. The molecule has 6 heteroatoms. The highest BCUT2D eigenvalue weighted by molar-refractivity contribution is 6.22. The highest BCUT2D eigenvalue weighted by Crippen LogP contribution is 2.24. The molecule has 1 heterocycles. The van der Waals surface area contributed by atoms with E-state index >= 15 is 0 Å². The van der Waals surface area contributed by atoms with Gasteiger partial charge in [-0.05, 0) is 51.1 Å². The normalized spacial score (nSPS) is 18.8. The summed E-state index contributed by atoms with van der Waals surface area (Å²) < 4.78 is 11.1. The maximum atomic E-state index is 8.30. The molecular weight excluding hydrogens is 352 g/mol. The molecule has 28 heavy (non-hydrogen) atoms. The molecule has 0 atom stereocenters. The third-order valence-corrected chi connectivity index (χ3v) is 4.96. The lowest BCUT2D eigenvalue weighted by atomic mass is 10.0. The Morgan fingerprint density at radius 3 is 2.36 bits per heavy atom. The molecule has 1 aromatic rings. The average molecular weight is 383 g/mol. The molecule has 1 aromatic carbocycles. The van der Waals surface area contributed by atoms with Crippen molar-refractivity contribution in [2.75, 3.05) is 50.9 Å². The van der Waals surface area contributed by atoms with Crippen LogP contribution in [0.15, 0.2) is 52.9 Å². The Morgan fingerprint density at radius 1 is 1.07 bits per heavy atom. The van der Waals surface area contributed by atoms with Gasteiger partial charge in [0, 0.05) is 37.9 Å². The monoisotopic (exact) mass is 382 g/mol. The number of benzene rings is 1. The molecule has 1 fully saturated rings. The molecule has 2 aliphatic rings. The number of nitrogens with zero attached hydrogens (tertiary/aromatic N) is 3. The van der Waals surface area contributed by atoms with Crippen LogP contribution in [0.25, 0.3) is 0 Å². The van der Waals surface area contributed by atoms with Gasteiger partial charge in [0.1, 0.15) is 5.76 Å². The van der Waals surface area contributed by atoms with Crippen LogP contribution in [0.5, 0.6) is 0 Å². The third-order valence-electron chi connectivity index (χ3n) is 4.96. The van der Waals surface area contributed by atoms with E-state index in [0.717, 1.165) is 43.3 Å². The molecule has 0 aromatic heterocycles. The number of aliphatic imine (C=N–C) groups is 1. The second kappa shape index (κ2) is 9.55. The lowest BCUT2D eigenvalue weighted by molar-refractivity contribution is 0.0565. The van der Waals surface area contributed by atoms with Gasteiger partial charge in [0.15, 0.2) is 0 Å². The molecular formula is C22H30N4O2. The van der Waals surface area contributed by atoms with Gasteiger partial charge in [-0.25, -0.2) is 4.99 Å². The molecule has 150 valence electrons. The molecule has 0 unspecified atom stereocenters. The van der Waals surface area contributed by atoms with Gasteiger partial charge in [0.2, 0.25) is 0 Å².